The summed E-state index contributed by atoms with van der Waals surface area (Å²) in [4.78, 5) is 16.2. The number of carbonyl (C=O) groups excluding carboxylic acids is 1. The van der Waals surface area contributed by atoms with Gasteiger partial charge in [0.1, 0.15) is 12.4 Å². The molecule has 0 saturated carbocycles. The molecule has 2 N–H and O–H groups in total. The van der Waals surface area contributed by atoms with E-state index in [1.54, 1.807) is 19.1 Å². The number of nitrogens with one attached hydrogen (secondary N) is 1. The predicted octanol–water partition coefficient (Wildman–Crippen LogP) is 1.96. The Morgan fingerprint density at radius 1 is 1.41 bits per heavy atom. The van der Waals surface area contributed by atoms with Crippen LogP contribution in [0.3, 0.4) is 0 Å². The van der Waals surface area contributed by atoms with Crippen LogP contribution < -0.4 is 10.1 Å². The van der Waals surface area contributed by atoms with Crippen LogP contribution in [0.15, 0.2) is 22.9 Å². The average molecular weight is 375 g/mol. The van der Waals surface area contributed by atoms with Gasteiger partial charge < -0.3 is 24.4 Å². The highest BCUT2D eigenvalue weighted by atomic mass is 16.5. The summed E-state index contributed by atoms with van der Waals surface area (Å²) in [5.74, 6) is 1.19. The van der Waals surface area contributed by atoms with Crippen molar-refractivity contribution in [3.63, 3.8) is 0 Å². The lowest BCUT2D eigenvalue weighted by molar-refractivity contribution is 0.0834. The van der Waals surface area contributed by atoms with Crippen LogP contribution in [0.1, 0.15) is 53.1 Å². The van der Waals surface area contributed by atoms with Crippen LogP contribution in [-0.2, 0) is 11.3 Å². The smallest absolute Gasteiger partial charge is 0.253 e. The second-order valence-electron chi connectivity index (χ2n) is 6.72. The number of ether oxygens (including phenoxy) is 2. The van der Waals surface area contributed by atoms with Crippen LogP contribution in [-0.4, -0.2) is 47.0 Å². The van der Waals surface area contributed by atoms with Gasteiger partial charge in [-0.25, -0.2) is 4.98 Å². The van der Waals surface area contributed by atoms with E-state index in [9.17, 15) is 4.79 Å². The number of aliphatic hydroxyl groups is 1. The fourth-order valence-electron chi connectivity index (χ4n) is 2.97. The Kier molecular flexibility index (Phi) is 6.41. The van der Waals surface area contributed by atoms with Crippen molar-refractivity contribution >= 4 is 5.91 Å². The lowest BCUT2D eigenvalue weighted by atomic mass is 9.93. The molecule has 27 heavy (non-hydrogen) atoms. The molecule has 1 atom stereocenters. The molecule has 0 radical (unpaired) electrons. The molecule has 0 bridgehead atoms. The van der Waals surface area contributed by atoms with Gasteiger partial charge in [-0.1, -0.05) is 5.16 Å². The molecule has 146 valence electrons. The molecule has 3 rings (SSSR count). The molecule has 0 aliphatic carbocycles. The predicted molar refractivity (Wildman–Crippen MR) is 96.6 cm³/mol. The van der Waals surface area contributed by atoms with Gasteiger partial charge in [-0.05, 0) is 32.8 Å². The standard InChI is InChI=1S/C19H25N3O5/c1-12(10-23)21-19(24)15-3-4-17(20-9-15)26-11-16-13(2)27-22-18(16)14-5-7-25-8-6-14/h3-4,9,12,14,23H,5-8,10-11H2,1-2H3,(H,21,24). The van der Waals surface area contributed by atoms with Gasteiger partial charge in [-0.3, -0.25) is 4.79 Å². The Morgan fingerprint density at radius 3 is 2.85 bits per heavy atom. The number of aliphatic hydroxyl groups excluding tert-OH is 1. The molecule has 2 aromatic heterocycles. The maximum atomic E-state index is 12.0. The highest BCUT2D eigenvalue weighted by molar-refractivity contribution is 5.94. The first-order valence-corrected chi connectivity index (χ1v) is 9.11. The number of hydrogen-bond acceptors (Lipinski definition) is 7. The normalized spacial score (nSPS) is 16.1. The van der Waals surface area contributed by atoms with Gasteiger partial charge in [0, 0.05) is 37.4 Å². The summed E-state index contributed by atoms with van der Waals surface area (Å²) in [7, 11) is 0. The summed E-state index contributed by atoms with van der Waals surface area (Å²) in [5.41, 5.74) is 2.29. The minimum absolute atomic E-state index is 0.117. The Bertz CT molecular complexity index is 753. The van der Waals surface area contributed by atoms with Crippen LogP contribution >= 0.6 is 0 Å². The van der Waals surface area contributed by atoms with E-state index < -0.39 is 0 Å². The summed E-state index contributed by atoms with van der Waals surface area (Å²) >= 11 is 0. The van der Waals surface area contributed by atoms with E-state index in [2.05, 4.69) is 15.5 Å². The molecular weight excluding hydrogens is 350 g/mol. The van der Waals surface area contributed by atoms with Gasteiger partial charge in [0.25, 0.3) is 5.91 Å². The molecule has 1 amide bonds. The molecule has 2 aromatic rings. The van der Waals surface area contributed by atoms with E-state index in [0.29, 0.717) is 24.0 Å². The maximum Gasteiger partial charge on any atom is 0.253 e. The van der Waals surface area contributed by atoms with Gasteiger partial charge >= 0.3 is 0 Å². The zero-order chi connectivity index (χ0) is 19.2. The van der Waals surface area contributed by atoms with Crippen LogP contribution in [0, 0.1) is 6.92 Å². The van der Waals surface area contributed by atoms with Crippen molar-refractivity contribution in [3.05, 3.63) is 40.9 Å². The minimum atomic E-state index is -0.311. The number of hydrogen-bond donors (Lipinski definition) is 2. The fraction of sp³-hybridized carbons (Fsp3) is 0.526. The van der Waals surface area contributed by atoms with E-state index in [1.807, 2.05) is 6.92 Å². The summed E-state index contributed by atoms with van der Waals surface area (Å²) < 4.78 is 16.6. The lowest BCUT2D eigenvalue weighted by Gasteiger charge is -2.20. The van der Waals surface area contributed by atoms with Gasteiger partial charge in [0.2, 0.25) is 5.88 Å². The molecule has 1 aliphatic heterocycles. The zero-order valence-corrected chi connectivity index (χ0v) is 15.6. The number of amides is 1. The van der Waals surface area contributed by atoms with E-state index in [-0.39, 0.29) is 18.6 Å². The molecule has 0 aromatic carbocycles. The largest absolute Gasteiger partial charge is 0.473 e. The van der Waals surface area contributed by atoms with Gasteiger partial charge in [-0.15, -0.1) is 0 Å². The van der Waals surface area contributed by atoms with E-state index in [4.69, 9.17) is 19.1 Å². The first kappa shape index (κ1) is 19.3. The lowest BCUT2D eigenvalue weighted by Crippen LogP contribution is -2.35. The topological polar surface area (TPSA) is 107 Å². The molecule has 1 saturated heterocycles. The maximum absolute atomic E-state index is 12.0. The number of aromatic nitrogens is 2. The van der Waals surface area contributed by atoms with E-state index in [0.717, 1.165) is 43.1 Å². The second kappa shape index (κ2) is 8.96. The van der Waals surface area contributed by atoms with Crippen LogP contribution in [0.5, 0.6) is 5.88 Å². The van der Waals surface area contributed by atoms with Crippen molar-refractivity contribution in [1.82, 2.24) is 15.5 Å². The first-order chi connectivity index (χ1) is 13.1. The number of aryl methyl sites for hydroxylation is 1. The molecule has 1 fully saturated rings. The Hall–Kier alpha value is -2.45. The Morgan fingerprint density at radius 2 is 2.19 bits per heavy atom. The Balaban J connectivity index is 1.62. The molecule has 1 unspecified atom stereocenters. The highest BCUT2D eigenvalue weighted by Gasteiger charge is 2.24. The first-order valence-electron chi connectivity index (χ1n) is 9.11. The minimum Gasteiger partial charge on any atom is -0.473 e. The molecular formula is C19H25N3O5. The highest BCUT2D eigenvalue weighted by Crippen LogP contribution is 2.30. The third-order valence-electron chi connectivity index (χ3n) is 4.64. The molecule has 0 spiro atoms. The second-order valence-corrected chi connectivity index (χ2v) is 6.72. The van der Waals surface area contributed by atoms with E-state index >= 15 is 0 Å². The average Bonchev–Trinajstić information content (AvgIpc) is 3.07. The summed E-state index contributed by atoms with van der Waals surface area (Å²) in [6, 6.07) is 2.98. The molecule has 1 aliphatic rings. The van der Waals surface area contributed by atoms with Crippen LogP contribution in [0.25, 0.3) is 0 Å². The molecule has 8 heteroatoms. The van der Waals surface area contributed by atoms with Gasteiger partial charge in [-0.2, -0.15) is 0 Å². The van der Waals surface area contributed by atoms with Gasteiger partial charge in [0.15, 0.2) is 0 Å². The molecule has 8 nitrogen and oxygen atoms in total. The van der Waals surface area contributed by atoms with Crippen molar-refractivity contribution in [2.75, 3.05) is 19.8 Å². The summed E-state index contributed by atoms with van der Waals surface area (Å²) in [6.45, 7) is 5.25. The third-order valence-corrected chi connectivity index (χ3v) is 4.64. The van der Waals surface area contributed by atoms with Crippen molar-refractivity contribution in [1.29, 1.82) is 0 Å². The SMILES string of the molecule is Cc1onc(C2CCOCC2)c1COc1ccc(C(=O)NC(C)CO)cn1. The van der Waals surface area contributed by atoms with Crippen molar-refractivity contribution in [2.45, 2.75) is 45.3 Å². The summed E-state index contributed by atoms with van der Waals surface area (Å²) in [5, 5.41) is 15.9. The molecule has 3 heterocycles. The monoisotopic (exact) mass is 375 g/mol. The van der Waals surface area contributed by atoms with E-state index in [1.165, 1.54) is 6.20 Å². The van der Waals surface area contributed by atoms with Crippen molar-refractivity contribution in [2.24, 2.45) is 0 Å². The number of rotatable bonds is 7. The van der Waals surface area contributed by atoms with Crippen LogP contribution in [0.2, 0.25) is 0 Å². The Labute approximate surface area is 157 Å². The zero-order valence-electron chi connectivity index (χ0n) is 15.6. The quantitative estimate of drug-likeness (QED) is 0.762. The fourth-order valence-corrected chi connectivity index (χ4v) is 2.97. The van der Waals surface area contributed by atoms with Crippen molar-refractivity contribution in [3.8, 4) is 5.88 Å². The number of pyridine rings is 1. The van der Waals surface area contributed by atoms with Crippen LogP contribution in [0.4, 0.5) is 0 Å². The number of carbonyl (C=O) groups is 1. The summed E-state index contributed by atoms with van der Waals surface area (Å²) in [6.07, 6.45) is 3.30. The third kappa shape index (κ3) is 4.84. The number of nitrogens with zero attached hydrogens (tertiary/aromatic N) is 2. The van der Waals surface area contributed by atoms with Crippen molar-refractivity contribution < 1.29 is 23.9 Å². The van der Waals surface area contributed by atoms with Gasteiger partial charge in [0.05, 0.1) is 23.4 Å².